The van der Waals surface area contributed by atoms with Gasteiger partial charge in [0, 0.05) is 26.0 Å². The van der Waals surface area contributed by atoms with Crippen LogP contribution in [0.4, 0.5) is 0 Å². The molecule has 2 heterocycles. The molecule has 2 rings (SSSR count). The molecule has 1 aliphatic heterocycles. The van der Waals surface area contributed by atoms with Crippen LogP contribution >= 0.6 is 6.72 Å². The average Bonchev–Trinajstić information content (AvgIpc) is 2.87. The number of hydrogen-bond acceptors (Lipinski definition) is 7. The fourth-order valence-electron chi connectivity index (χ4n) is 2.61. The molecule has 1 aliphatic rings. The Labute approximate surface area is 143 Å². The van der Waals surface area contributed by atoms with Crippen LogP contribution in [0.3, 0.4) is 0 Å². The fraction of sp³-hybridized carbons (Fsp3) is 0.692. The first-order chi connectivity index (χ1) is 11.2. The van der Waals surface area contributed by atoms with Crippen LogP contribution in [0.1, 0.15) is 25.1 Å². The molecular formula is C13H21N2O7PS. The third-order valence-corrected chi connectivity index (χ3v) is 5.54. The minimum Gasteiger partial charge on any atom is -0.374 e. The molecular weight excluding hydrogens is 359 g/mol. The summed E-state index contributed by atoms with van der Waals surface area (Å²) in [5, 5.41) is 0. The van der Waals surface area contributed by atoms with Gasteiger partial charge in [0.05, 0.1) is 6.10 Å². The Kier molecular flexibility index (Phi) is 6.14. The summed E-state index contributed by atoms with van der Waals surface area (Å²) in [6.45, 7) is 0.00155. The number of aromatic amines is 1. The highest BCUT2D eigenvalue weighted by Gasteiger charge is 2.48. The molecule has 1 aromatic heterocycles. The van der Waals surface area contributed by atoms with E-state index in [2.05, 4.69) is 4.98 Å². The SMILES string of the molecule is CC[C@H]1O[C@@H](n2cc(C)c(=O)[nH]c2=O)[C@@H](OC)C1OP(O)(=S)OC. The van der Waals surface area contributed by atoms with Crippen molar-refractivity contribution >= 4 is 18.5 Å². The highest BCUT2D eigenvalue weighted by atomic mass is 32.5. The van der Waals surface area contributed by atoms with Crippen molar-refractivity contribution in [2.75, 3.05) is 14.2 Å². The normalized spacial score (nSPS) is 29.5. The standard InChI is InChI=1S/C13H21N2O7PS/c1-5-8-9(22-23(18,24)20-4)10(19-3)12(21-8)15-6-7(2)11(16)14-13(15)17/h6,8-10,12H,5H2,1-4H3,(H,18,24)(H,14,16,17)/t8-,9?,10+,12-,23?/m1/s1. The molecule has 9 nitrogen and oxygen atoms in total. The molecule has 0 spiro atoms. The van der Waals surface area contributed by atoms with Crippen molar-refractivity contribution in [1.29, 1.82) is 0 Å². The van der Waals surface area contributed by atoms with E-state index in [4.69, 9.17) is 30.3 Å². The topological polar surface area (TPSA) is 112 Å². The summed E-state index contributed by atoms with van der Waals surface area (Å²) in [7, 11) is 2.69. The first-order valence-electron chi connectivity index (χ1n) is 7.31. The molecule has 136 valence electrons. The van der Waals surface area contributed by atoms with Crippen LogP contribution in [0.15, 0.2) is 15.8 Å². The van der Waals surface area contributed by atoms with Crippen LogP contribution in [0, 0.1) is 6.92 Å². The third kappa shape index (κ3) is 3.85. The van der Waals surface area contributed by atoms with Gasteiger partial charge in [-0.1, -0.05) is 6.92 Å². The van der Waals surface area contributed by atoms with E-state index in [0.29, 0.717) is 12.0 Å². The molecule has 0 radical (unpaired) electrons. The van der Waals surface area contributed by atoms with Crippen LogP contribution in [0.5, 0.6) is 0 Å². The van der Waals surface area contributed by atoms with E-state index in [9.17, 15) is 14.5 Å². The van der Waals surface area contributed by atoms with Crippen LogP contribution in [-0.4, -0.2) is 47.0 Å². The van der Waals surface area contributed by atoms with Gasteiger partial charge in [-0.15, -0.1) is 0 Å². The van der Waals surface area contributed by atoms with Crippen molar-refractivity contribution in [3.05, 3.63) is 32.6 Å². The van der Waals surface area contributed by atoms with Gasteiger partial charge in [-0.25, -0.2) is 4.79 Å². The zero-order valence-corrected chi connectivity index (χ0v) is 15.5. The number of nitrogens with one attached hydrogen (secondary N) is 1. The van der Waals surface area contributed by atoms with E-state index in [1.54, 1.807) is 6.92 Å². The minimum absolute atomic E-state index is 0.356. The third-order valence-electron chi connectivity index (χ3n) is 3.87. The van der Waals surface area contributed by atoms with Gasteiger partial charge in [0.25, 0.3) is 5.56 Å². The number of aryl methyl sites for hydroxylation is 1. The average molecular weight is 380 g/mol. The monoisotopic (exact) mass is 380 g/mol. The molecule has 1 fully saturated rings. The summed E-state index contributed by atoms with van der Waals surface area (Å²) < 4.78 is 22.9. The summed E-state index contributed by atoms with van der Waals surface area (Å²) in [6, 6.07) is 0. The fourth-order valence-corrected chi connectivity index (χ4v) is 3.56. The Hall–Kier alpha value is -0.870. The van der Waals surface area contributed by atoms with Crippen molar-refractivity contribution < 1.29 is 23.4 Å². The van der Waals surface area contributed by atoms with E-state index in [0.717, 1.165) is 0 Å². The summed E-state index contributed by atoms with van der Waals surface area (Å²) in [6.07, 6.45) is -0.804. The van der Waals surface area contributed by atoms with Gasteiger partial charge in [0.2, 0.25) is 0 Å². The number of H-pyrrole nitrogens is 1. The molecule has 0 amide bonds. The smallest absolute Gasteiger partial charge is 0.330 e. The lowest BCUT2D eigenvalue weighted by Crippen LogP contribution is -2.40. The molecule has 1 aromatic rings. The van der Waals surface area contributed by atoms with Crippen molar-refractivity contribution in [1.82, 2.24) is 9.55 Å². The van der Waals surface area contributed by atoms with E-state index in [1.807, 2.05) is 6.92 Å². The Bertz CT molecular complexity index is 749. The highest BCUT2D eigenvalue weighted by molar-refractivity contribution is 8.07. The van der Waals surface area contributed by atoms with Crippen molar-refractivity contribution in [2.45, 2.75) is 44.8 Å². The number of methoxy groups -OCH3 is 1. The summed E-state index contributed by atoms with van der Waals surface area (Å²) in [5.41, 5.74) is -0.730. The molecule has 24 heavy (non-hydrogen) atoms. The predicted octanol–water partition coefficient (Wildman–Crippen LogP) is 0.416. The van der Waals surface area contributed by atoms with E-state index < -0.39 is 42.5 Å². The van der Waals surface area contributed by atoms with Gasteiger partial charge in [0.1, 0.15) is 12.2 Å². The minimum atomic E-state index is -3.44. The van der Waals surface area contributed by atoms with Crippen molar-refractivity contribution in [3.8, 4) is 0 Å². The molecule has 0 bridgehead atoms. The molecule has 0 saturated carbocycles. The second-order valence-corrected chi connectivity index (χ2v) is 8.27. The number of nitrogens with zero attached hydrogens (tertiary/aromatic N) is 1. The first kappa shape index (κ1) is 19.5. The number of hydrogen-bond donors (Lipinski definition) is 2. The Morgan fingerprint density at radius 1 is 1.42 bits per heavy atom. The summed E-state index contributed by atoms with van der Waals surface area (Å²) in [4.78, 5) is 35.9. The predicted molar refractivity (Wildman–Crippen MR) is 89.4 cm³/mol. The van der Waals surface area contributed by atoms with Crippen LogP contribution in [0.2, 0.25) is 0 Å². The second-order valence-electron chi connectivity index (χ2n) is 5.37. The molecule has 5 atom stereocenters. The van der Waals surface area contributed by atoms with E-state index in [-0.39, 0.29) is 0 Å². The maximum absolute atomic E-state index is 12.1. The van der Waals surface area contributed by atoms with Gasteiger partial charge < -0.3 is 18.9 Å². The quantitative estimate of drug-likeness (QED) is 0.683. The Morgan fingerprint density at radius 2 is 2.08 bits per heavy atom. The van der Waals surface area contributed by atoms with Gasteiger partial charge in [-0.3, -0.25) is 18.9 Å². The Balaban J connectivity index is 2.42. The molecule has 0 aromatic carbocycles. The maximum Gasteiger partial charge on any atom is 0.330 e. The maximum atomic E-state index is 12.1. The van der Waals surface area contributed by atoms with Gasteiger partial charge >= 0.3 is 12.4 Å². The first-order valence-corrected chi connectivity index (χ1v) is 9.90. The lowest BCUT2D eigenvalue weighted by Gasteiger charge is -2.26. The molecule has 1 saturated heterocycles. The van der Waals surface area contributed by atoms with Crippen molar-refractivity contribution in [2.24, 2.45) is 0 Å². The van der Waals surface area contributed by atoms with Crippen LogP contribution < -0.4 is 11.2 Å². The molecule has 0 aliphatic carbocycles. The second kappa shape index (κ2) is 7.57. The highest BCUT2D eigenvalue weighted by Crippen LogP contribution is 2.48. The summed E-state index contributed by atoms with van der Waals surface area (Å²) >= 11 is 4.90. The molecule has 11 heteroatoms. The van der Waals surface area contributed by atoms with E-state index >= 15 is 0 Å². The number of rotatable bonds is 6. The largest absolute Gasteiger partial charge is 0.374 e. The lowest BCUT2D eigenvalue weighted by molar-refractivity contribution is -0.0540. The Morgan fingerprint density at radius 3 is 2.62 bits per heavy atom. The van der Waals surface area contributed by atoms with Crippen LogP contribution in [-0.2, 0) is 30.3 Å². The summed E-state index contributed by atoms with van der Waals surface area (Å²) in [5.74, 6) is 0. The van der Waals surface area contributed by atoms with Gasteiger partial charge in [-0.05, 0) is 25.2 Å². The number of ether oxygens (including phenoxy) is 2. The van der Waals surface area contributed by atoms with Gasteiger partial charge in [0.15, 0.2) is 6.23 Å². The molecule has 2 N–H and O–H groups in total. The van der Waals surface area contributed by atoms with Crippen LogP contribution in [0.25, 0.3) is 0 Å². The van der Waals surface area contributed by atoms with E-state index in [1.165, 1.54) is 25.0 Å². The van der Waals surface area contributed by atoms with Gasteiger partial charge in [-0.2, -0.15) is 0 Å². The zero-order chi connectivity index (χ0) is 18.1. The lowest BCUT2D eigenvalue weighted by atomic mass is 10.1. The molecule has 2 unspecified atom stereocenters. The van der Waals surface area contributed by atoms with Crippen molar-refractivity contribution in [3.63, 3.8) is 0 Å². The zero-order valence-electron chi connectivity index (χ0n) is 13.8. The number of aromatic nitrogens is 2.